The Morgan fingerprint density at radius 1 is 1.12 bits per heavy atom. The summed E-state index contributed by atoms with van der Waals surface area (Å²) in [4.78, 5) is 5.15. The van der Waals surface area contributed by atoms with E-state index in [1.807, 2.05) is 0 Å². The van der Waals surface area contributed by atoms with Crippen LogP contribution in [0.2, 0.25) is 0 Å². The van der Waals surface area contributed by atoms with Crippen molar-refractivity contribution in [2.45, 2.75) is 24.8 Å². The molecule has 1 unspecified atom stereocenters. The molecule has 0 aromatic heterocycles. The molecule has 1 atom stereocenters. The zero-order valence-electron chi connectivity index (χ0n) is 10.7. The number of nitrogens with two attached hydrogens (primary N) is 1. The molecular formula is C13H25N3O. The molecule has 0 amide bonds. The fourth-order valence-corrected chi connectivity index (χ4v) is 2.99. The van der Waals surface area contributed by atoms with Gasteiger partial charge < -0.3 is 15.4 Å². The van der Waals surface area contributed by atoms with Crippen molar-refractivity contribution in [3.8, 4) is 0 Å². The Labute approximate surface area is 104 Å². The molecule has 4 heteroatoms. The highest BCUT2D eigenvalue weighted by molar-refractivity contribution is 4.92. The Morgan fingerprint density at radius 3 is 2.41 bits per heavy atom. The van der Waals surface area contributed by atoms with Crippen LogP contribution in [-0.2, 0) is 4.74 Å². The van der Waals surface area contributed by atoms with Crippen LogP contribution in [-0.4, -0.2) is 67.8 Å². The first-order valence-electron chi connectivity index (χ1n) is 7.05. The summed E-state index contributed by atoms with van der Waals surface area (Å²) in [5.74, 6) is 1.02. The SMILES string of the molecule is NC1(CN2CCN(CC3CC3)CC2)CCOC1. The van der Waals surface area contributed by atoms with E-state index in [0.717, 1.165) is 32.1 Å². The second-order valence-corrected chi connectivity index (χ2v) is 6.19. The van der Waals surface area contributed by atoms with Gasteiger partial charge in [0.15, 0.2) is 0 Å². The predicted octanol–water partition coefficient (Wildman–Crippen LogP) is 0.132. The second-order valence-electron chi connectivity index (χ2n) is 6.19. The van der Waals surface area contributed by atoms with Crippen LogP contribution in [0.25, 0.3) is 0 Å². The maximum atomic E-state index is 6.34. The van der Waals surface area contributed by atoms with Crippen LogP contribution in [0, 0.1) is 5.92 Å². The van der Waals surface area contributed by atoms with Crippen LogP contribution in [0.5, 0.6) is 0 Å². The third-order valence-electron chi connectivity index (χ3n) is 4.35. The van der Waals surface area contributed by atoms with Gasteiger partial charge in [-0.05, 0) is 25.2 Å². The van der Waals surface area contributed by atoms with Gasteiger partial charge in [-0.3, -0.25) is 4.90 Å². The second kappa shape index (κ2) is 4.84. The van der Waals surface area contributed by atoms with E-state index in [9.17, 15) is 0 Å². The molecule has 1 aliphatic carbocycles. The monoisotopic (exact) mass is 239 g/mol. The van der Waals surface area contributed by atoms with Crippen molar-refractivity contribution in [3.63, 3.8) is 0 Å². The third-order valence-corrected chi connectivity index (χ3v) is 4.35. The predicted molar refractivity (Wildman–Crippen MR) is 68.0 cm³/mol. The van der Waals surface area contributed by atoms with E-state index in [2.05, 4.69) is 9.80 Å². The number of hydrogen-bond donors (Lipinski definition) is 1. The van der Waals surface area contributed by atoms with Gasteiger partial charge in [0.1, 0.15) is 0 Å². The van der Waals surface area contributed by atoms with Gasteiger partial charge in [-0.25, -0.2) is 0 Å². The van der Waals surface area contributed by atoms with Crippen LogP contribution in [0.1, 0.15) is 19.3 Å². The lowest BCUT2D eigenvalue weighted by Gasteiger charge is -2.38. The molecule has 2 aliphatic heterocycles. The smallest absolute Gasteiger partial charge is 0.0659 e. The van der Waals surface area contributed by atoms with Gasteiger partial charge in [0.25, 0.3) is 0 Å². The van der Waals surface area contributed by atoms with Crippen molar-refractivity contribution < 1.29 is 4.74 Å². The maximum absolute atomic E-state index is 6.34. The standard InChI is InChI=1S/C13H25N3O/c14-13(3-8-17-11-13)10-16-6-4-15(5-7-16)9-12-1-2-12/h12H,1-11,14H2. The van der Waals surface area contributed by atoms with Crippen LogP contribution >= 0.6 is 0 Å². The van der Waals surface area contributed by atoms with Gasteiger partial charge in [-0.15, -0.1) is 0 Å². The highest BCUT2D eigenvalue weighted by Gasteiger charge is 2.34. The van der Waals surface area contributed by atoms with Gasteiger partial charge >= 0.3 is 0 Å². The van der Waals surface area contributed by atoms with Crippen LogP contribution < -0.4 is 5.73 Å². The molecule has 3 rings (SSSR count). The molecule has 2 heterocycles. The normalized spacial score (nSPS) is 36.5. The van der Waals surface area contributed by atoms with E-state index >= 15 is 0 Å². The van der Waals surface area contributed by atoms with Crippen molar-refractivity contribution in [1.82, 2.24) is 9.80 Å². The lowest BCUT2D eigenvalue weighted by molar-refractivity contribution is 0.0989. The lowest BCUT2D eigenvalue weighted by atomic mass is 9.99. The average Bonchev–Trinajstić information content (AvgIpc) is 3.03. The fraction of sp³-hybridized carbons (Fsp3) is 1.00. The topological polar surface area (TPSA) is 41.7 Å². The third kappa shape index (κ3) is 3.19. The maximum Gasteiger partial charge on any atom is 0.0659 e. The van der Waals surface area contributed by atoms with Gasteiger partial charge in [-0.2, -0.15) is 0 Å². The molecule has 2 N–H and O–H groups in total. The van der Waals surface area contributed by atoms with Crippen LogP contribution in [0.15, 0.2) is 0 Å². The zero-order chi connectivity index (χ0) is 11.7. The Kier molecular flexibility index (Phi) is 3.39. The van der Waals surface area contributed by atoms with E-state index < -0.39 is 0 Å². The zero-order valence-corrected chi connectivity index (χ0v) is 10.7. The number of hydrogen-bond acceptors (Lipinski definition) is 4. The molecule has 0 bridgehead atoms. The molecule has 3 aliphatic rings. The lowest BCUT2D eigenvalue weighted by Crippen LogP contribution is -2.56. The Balaban J connectivity index is 1.41. The summed E-state index contributed by atoms with van der Waals surface area (Å²) in [7, 11) is 0. The highest BCUT2D eigenvalue weighted by atomic mass is 16.5. The molecule has 0 radical (unpaired) electrons. The summed E-state index contributed by atoms with van der Waals surface area (Å²) < 4.78 is 5.42. The Hall–Kier alpha value is -0.160. The number of ether oxygens (including phenoxy) is 1. The summed E-state index contributed by atoms with van der Waals surface area (Å²) >= 11 is 0. The van der Waals surface area contributed by atoms with E-state index in [1.165, 1.54) is 45.6 Å². The van der Waals surface area contributed by atoms with Gasteiger partial charge in [0.05, 0.1) is 12.1 Å². The first-order chi connectivity index (χ1) is 8.23. The van der Waals surface area contributed by atoms with E-state index in [-0.39, 0.29) is 5.54 Å². The van der Waals surface area contributed by atoms with Crippen molar-refractivity contribution in [1.29, 1.82) is 0 Å². The quantitative estimate of drug-likeness (QED) is 0.757. The molecule has 0 aromatic carbocycles. The molecule has 3 fully saturated rings. The molecule has 2 saturated heterocycles. The summed E-state index contributed by atoms with van der Waals surface area (Å²) in [6.45, 7) is 8.78. The van der Waals surface area contributed by atoms with Crippen LogP contribution in [0.4, 0.5) is 0 Å². The summed E-state index contributed by atoms with van der Waals surface area (Å²) in [6.07, 6.45) is 3.95. The van der Waals surface area contributed by atoms with Crippen molar-refractivity contribution >= 4 is 0 Å². The van der Waals surface area contributed by atoms with Gasteiger partial charge in [-0.1, -0.05) is 0 Å². The van der Waals surface area contributed by atoms with Gasteiger partial charge in [0.2, 0.25) is 0 Å². The number of nitrogens with zero attached hydrogens (tertiary/aromatic N) is 2. The fourth-order valence-electron chi connectivity index (χ4n) is 2.99. The number of piperazine rings is 1. The minimum absolute atomic E-state index is 0.0708. The summed E-state index contributed by atoms with van der Waals surface area (Å²) in [5, 5.41) is 0. The molecule has 17 heavy (non-hydrogen) atoms. The van der Waals surface area contributed by atoms with E-state index in [1.54, 1.807) is 0 Å². The molecular weight excluding hydrogens is 214 g/mol. The molecule has 0 aromatic rings. The first kappa shape index (κ1) is 11.9. The van der Waals surface area contributed by atoms with Crippen molar-refractivity contribution in [2.24, 2.45) is 11.7 Å². The molecule has 0 spiro atoms. The van der Waals surface area contributed by atoms with Crippen molar-refractivity contribution in [2.75, 3.05) is 52.5 Å². The van der Waals surface area contributed by atoms with E-state index in [4.69, 9.17) is 10.5 Å². The highest BCUT2D eigenvalue weighted by Crippen LogP contribution is 2.30. The largest absolute Gasteiger partial charge is 0.379 e. The Morgan fingerprint density at radius 2 is 1.82 bits per heavy atom. The van der Waals surface area contributed by atoms with E-state index in [0.29, 0.717) is 0 Å². The van der Waals surface area contributed by atoms with Gasteiger partial charge in [0, 0.05) is 45.9 Å². The summed E-state index contributed by atoms with van der Waals surface area (Å²) in [5.41, 5.74) is 6.26. The van der Waals surface area contributed by atoms with Crippen LogP contribution in [0.3, 0.4) is 0 Å². The Bertz CT molecular complexity index is 253. The average molecular weight is 239 g/mol. The first-order valence-corrected chi connectivity index (χ1v) is 7.05. The summed E-state index contributed by atoms with van der Waals surface area (Å²) in [6, 6.07) is 0. The minimum Gasteiger partial charge on any atom is -0.379 e. The molecule has 4 nitrogen and oxygen atoms in total. The minimum atomic E-state index is -0.0708. The molecule has 1 saturated carbocycles. The van der Waals surface area contributed by atoms with Crippen molar-refractivity contribution in [3.05, 3.63) is 0 Å². The molecule has 98 valence electrons. The number of rotatable bonds is 4.